The Morgan fingerprint density at radius 1 is 1.29 bits per heavy atom. The monoisotopic (exact) mass is 300 g/mol. The minimum Gasteiger partial charge on any atom is -0.315 e. The zero-order chi connectivity index (χ0) is 15.3. The van der Waals surface area contributed by atoms with Gasteiger partial charge in [0.2, 0.25) is 0 Å². The maximum absolute atomic E-state index is 12.8. The van der Waals surface area contributed by atoms with Crippen molar-refractivity contribution in [1.29, 1.82) is 0 Å². The Bertz CT molecular complexity index is 445. The summed E-state index contributed by atoms with van der Waals surface area (Å²) in [7, 11) is 0. The normalized spacial score (nSPS) is 20.7. The highest BCUT2D eigenvalue weighted by molar-refractivity contribution is 5.25. The second-order valence-electron chi connectivity index (χ2n) is 5.63. The van der Waals surface area contributed by atoms with E-state index in [4.69, 9.17) is 0 Å². The van der Waals surface area contributed by atoms with Crippen LogP contribution >= 0.6 is 0 Å². The van der Waals surface area contributed by atoms with E-state index in [0.29, 0.717) is 12.6 Å². The van der Waals surface area contributed by atoms with Crippen molar-refractivity contribution < 1.29 is 13.2 Å². The van der Waals surface area contributed by atoms with Crippen molar-refractivity contribution in [3.63, 3.8) is 0 Å². The molecule has 0 bridgehead atoms. The molecule has 1 atom stereocenters. The van der Waals surface area contributed by atoms with E-state index in [9.17, 15) is 13.2 Å². The highest BCUT2D eigenvalue weighted by atomic mass is 19.4. The van der Waals surface area contributed by atoms with Crippen molar-refractivity contribution in [2.45, 2.75) is 44.9 Å². The highest BCUT2D eigenvalue weighted by Gasteiger charge is 2.30. The maximum Gasteiger partial charge on any atom is 0.416 e. The lowest BCUT2D eigenvalue weighted by Gasteiger charge is -2.36. The van der Waals surface area contributed by atoms with Crippen LogP contribution in [0.4, 0.5) is 13.2 Å². The van der Waals surface area contributed by atoms with Gasteiger partial charge in [-0.25, -0.2) is 0 Å². The van der Waals surface area contributed by atoms with Crippen molar-refractivity contribution in [3.05, 3.63) is 35.4 Å². The van der Waals surface area contributed by atoms with Crippen molar-refractivity contribution in [1.82, 2.24) is 10.2 Å². The van der Waals surface area contributed by atoms with E-state index in [2.05, 4.69) is 17.1 Å². The van der Waals surface area contributed by atoms with Gasteiger partial charge in [-0.3, -0.25) is 4.90 Å². The first-order chi connectivity index (χ1) is 10.0. The molecule has 2 rings (SSSR count). The van der Waals surface area contributed by atoms with E-state index in [1.807, 2.05) is 0 Å². The first kappa shape index (κ1) is 16.3. The number of hydrogen-bond donors (Lipinski definition) is 1. The molecule has 1 heterocycles. The van der Waals surface area contributed by atoms with Crippen molar-refractivity contribution in [2.24, 2.45) is 0 Å². The molecule has 1 N–H and O–H groups in total. The standard InChI is InChI=1S/C16H23F3N2/c1-2-20-11-15-8-3-4-9-21(15)12-13-6-5-7-14(10-13)16(17,18)19/h5-7,10,15,20H,2-4,8-9,11-12H2,1H3. The SMILES string of the molecule is CCNCC1CCCCN1Cc1cccc(C(F)(F)F)c1. The maximum atomic E-state index is 12.8. The van der Waals surface area contributed by atoms with Gasteiger partial charge >= 0.3 is 6.18 Å². The minimum absolute atomic E-state index is 0.424. The third-order valence-electron chi connectivity index (χ3n) is 4.02. The van der Waals surface area contributed by atoms with Gasteiger partial charge in [0.25, 0.3) is 0 Å². The topological polar surface area (TPSA) is 15.3 Å². The van der Waals surface area contributed by atoms with Gasteiger partial charge in [-0.15, -0.1) is 0 Å². The van der Waals surface area contributed by atoms with E-state index in [0.717, 1.165) is 44.1 Å². The predicted molar refractivity (Wildman–Crippen MR) is 78.0 cm³/mol. The van der Waals surface area contributed by atoms with E-state index in [1.165, 1.54) is 18.6 Å². The van der Waals surface area contributed by atoms with Gasteiger partial charge in [0.05, 0.1) is 5.56 Å². The predicted octanol–water partition coefficient (Wildman–Crippen LogP) is 3.67. The van der Waals surface area contributed by atoms with E-state index < -0.39 is 11.7 Å². The first-order valence-electron chi connectivity index (χ1n) is 7.61. The molecule has 1 aliphatic heterocycles. The zero-order valence-corrected chi connectivity index (χ0v) is 12.4. The molecule has 0 amide bonds. The molecule has 1 aromatic carbocycles. The number of piperidine rings is 1. The first-order valence-corrected chi connectivity index (χ1v) is 7.61. The Hall–Kier alpha value is -1.07. The molecule has 1 aromatic rings. The van der Waals surface area contributed by atoms with Gasteiger partial charge in [-0.2, -0.15) is 13.2 Å². The van der Waals surface area contributed by atoms with Crippen LogP contribution in [0.3, 0.4) is 0 Å². The van der Waals surface area contributed by atoms with Gasteiger partial charge < -0.3 is 5.32 Å². The summed E-state index contributed by atoms with van der Waals surface area (Å²) in [5, 5.41) is 3.35. The summed E-state index contributed by atoms with van der Waals surface area (Å²) in [5.41, 5.74) is 0.188. The quantitative estimate of drug-likeness (QED) is 0.892. The van der Waals surface area contributed by atoms with E-state index >= 15 is 0 Å². The number of halogens is 3. The lowest BCUT2D eigenvalue weighted by atomic mass is 10.0. The highest BCUT2D eigenvalue weighted by Crippen LogP contribution is 2.30. The molecule has 0 aromatic heterocycles. The lowest BCUT2D eigenvalue weighted by Crippen LogP contribution is -2.44. The Kier molecular flexibility index (Phi) is 5.65. The molecule has 0 spiro atoms. The smallest absolute Gasteiger partial charge is 0.315 e. The van der Waals surface area contributed by atoms with Crippen molar-refractivity contribution in [2.75, 3.05) is 19.6 Å². The van der Waals surface area contributed by atoms with Gasteiger partial charge in [0.1, 0.15) is 0 Å². The number of rotatable bonds is 5. The fourth-order valence-electron chi connectivity index (χ4n) is 2.89. The summed E-state index contributed by atoms with van der Waals surface area (Å²) in [6.07, 6.45) is -0.816. The number of alkyl halides is 3. The fourth-order valence-corrected chi connectivity index (χ4v) is 2.89. The van der Waals surface area contributed by atoms with Crippen LogP contribution in [0.25, 0.3) is 0 Å². The second-order valence-corrected chi connectivity index (χ2v) is 5.63. The third-order valence-corrected chi connectivity index (χ3v) is 4.02. The number of benzene rings is 1. The molecule has 0 aliphatic carbocycles. The molecule has 1 saturated heterocycles. The average molecular weight is 300 g/mol. The summed E-state index contributed by atoms with van der Waals surface area (Å²) in [6, 6.07) is 6.12. The molecule has 1 fully saturated rings. The van der Waals surface area contributed by atoms with E-state index in [1.54, 1.807) is 6.07 Å². The molecule has 118 valence electrons. The number of likely N-dealkylation sites (N-methyl/N-ethyl adjacent to an activating group) is 1. The molecular formula is C16H23F3N2. The molecule has 5 heteroatoms. The Morgan fingerprint density at radius 2 is 2.10 bits per heavy atom. The van der Waals surface area contributed by atoms with Crippen LogP contribution in [-0.2, 0) is 12.7 Å². The Morgan fingerprint density at radius 3 is 2.81 bits per heavy atom. The molecule has 0 saturated carbocycles. The number of nitrogens with zero attached hydrogens (tertiary/aromatic N) is 1. The van der Waals surface area contributed by atoms with Crippen LogP contribution in [0.1, 0.15) is 37.3 Å². The molecule has 1 aliphatic rings. The fraction of sp³-hybridized carbons (Fsp3) is 0.625. The molecule has 1 unspecified atom stereocenters. The van der Waals surface area contributed by atoms with Crippen molar-refractivity contribution >= 4 is 0 Å². The van der Waals surface area contributed by atoms with Gasteiger partial charge in [0.15, 0.2) is 0 Å². The van der Waals surface area contributed by atoms with Crippen LogP contribution in [0.5, 0.6) is 0 Å². The molecule has 21 heavy (non-hydrogen) atoms. The third kappa shape index (κ3) is 4.71. The van der Waals surface area contributed by atoms with Gasteiger partial charge in [-0.1, -0.05) is 31.5 Å². The largest absolute Gasteiger partial charge is 0.416 e. The van der Waals surface area contributed by atoms with Crippen molar-refractivity contribution in [3.8, 4) is 0 Å². The van der Waals surface area contributed by atoms with Crippen LogP contribution in [-0.4, -0.2) is 30.6 Å². The van der Waals surface area contributed by atoms with Gasteiger partial charge in [0, 0.05) is 19.1 Å². The Balaban J connectivity index is 2.05. The summed E-state index contributed by atoms with van der Waals surface area (Å²) >= 11 is 0. The van der Waals surface area contributed by atoms with Crippen LogP contribution < -0.4 is 5.32 Å². The summed E-state index contributed by atoms with van der Waals surface area (Å²) in [4.78, 5) is 2.31. The van der Waals surface area contributed by atoms with Crippen LogP contribution in [0, 0.1) is 0 Å². The zero-order valence-electron chi connectivity index (χ0n) is 12.4. The second kappa shape index (κ2) is 7.27. The van der Waals surface area contributed by atoms with Gasteiger partial charge in [-0.05, 0) is 37.6 Å². The average Bonchev–Trinajstić information content (AvgIpc) is 2.46. The summed E-state index contributed by atoms with van der Waals surface area (Å²) in [6.45, 7) is 5.47. The summed E-state index contributed by atoms with van der Waals surface area (Å²) < 4.78 is 38.3. The molecule has 2 nitrogen and oxygen atoms in total. The molecular weight excluding hydrogens is 277 g/mol. The van der Waals surface area contributed by atoms with E-state index in [-0.39, 0.29) is 0 Å². The van der Waals surface area contributed by atoms with Crippen LogP contribution in [0.15, 0.2) is 24.3 Å². The van der Waals surface area contributed by atoms with Crippen LogP contribution in [0.2, 0.25) is 0 Å². The Labute approximate surface area is 124 Å². The summed E-state index contributed by atoms with van der Waals surface area (Å²) in [5.74, 6) is 0. The minimum atomic E-state index is -4.26. The number of likely N-dealkylation sites (tertiary alicyclic amines) is 1. The lowest BCUT2D eigenvalue weighted by molar-refractivity contribution is -0.137. The molecule has 0 radical (unpaired) electrons. The number of nitrogens with one attached hydrogen (secondary N) is 1. The number of hydrogen-bond acceptors (Lipinski definition) is 2.